The van der Waals surface area contributed by atoms with Gasteiger partial charge in [-0.2, -0.15) is 0 Å². The van der Waals surface area contributed by atoms with Gasteiger partial charge in [-0.25, -0.2) is 0 Å². The maximum absolute atomic E-state index is 12.4. The fourth-order valence-electron chi connectivity index (χ4n) is 7.30. The van der Waals surface area contributed by atoms with Crippen molar-refractivity contribution >= 4 is 5.91 Å². The summed E-state index contributed by atoms with van der Waals surface area (Å²) in [5.74, 6) is -0.0643. The van der Waals surface area contributed by atoms with Gasteiger partial charge in [0.25, 0.3) is 0 Å². The van der Waals surface area contributed by atoms with E-state index in [1.54, 1.807) is 6.08 Å². The molecule has 0 aliphatic carbocycles. The lowest BCUT2D eigenvalue weighted by Gasteiger charge is -2.20. The van der Waals surface area contributed by atoms with Crippen molar-refractivity contribution in [3.05, 3.63) is 48.6 Å². The van der Waals surface area contributed by atoms with Crippen LogP contribution in [-0.2, 0) is 4.79 Å². The number of hydrogen-bond acceptors (Lipinski definition) is 3. The van der Waals surface area contributed by atoms with Crippen molar-refractivity contribution in [1.82, 2.24) is 5.32 Å². The Morgan fingerprint density at radius 3 is 1.11 bits per heavy atom. The number of nitrogens with one attached hydrogen (secondary N) is 1. The quantitative estimate of drug-likeness (QED) is 0.0427. The molecule has 0 aromatic heterocycles. The Morgan fingerprint density at radius 1 is 0.436 bits per heavy atom. The predicted octanol–water partition coefficient (Wildman–Crippen LogP) is 15.5. The first kappa shape index (κ1) is 53.4. The molecule has 0 saturated heterocycles. The van der Waals surface area contributed by atoms with Crippen LogP contribution in [0.1, 0.15) is 251 Å². The molecule has 0 heterocycles. The Kier molecular flexibility index (Phi) is 45.3. The molecule has 322 valence electrons. The van der Waals surface area contributed by atoms with Crippen LogP contribution in [0.15, 0.2) is 48.6 Å². The highest BCUT2D eigenvalue weighted by molar-refractivity contribution is 5.76. The molecule has 0 aliphatic rings. The SMILES string of the molecule is CCCCCCC/C=C\C/C=C\C/C=C\CCCCCCCCCCCCCCCCCCC(=O)NC(CO)C(O)/C=C/CCCCCCCCCCCC. The van der Waals surface area contributed by atoms with Gasteiger partial charge in [0, 0.05) is 6.42 Å². The Balaban J connectivity index is 3.48. The molecule has 0 aliphatic heterocycles. The van der Waals surface area contributed by atoms with Crippen molar-refractivity contribution < 1.29 is 15.0 Å². The summed E-state index contributed by atoms with van der Waals surface area (Å²) in [5.41, 5.74) is 0. The van der Waals surface area contributed by atoms with Crippen LogP contribution in [0, 0.1) is 0 Å². The van der Waals surface area contributed by atoms with Crippen LogP contribution in [0.25, 0.3) is 0 Å². The van der Waals surface area contributed by atoms with Crippen LogP contribution in [0.4, 0.5) is 0 Å². The van der Waals surface area contributed by atoms with Gasteiger partial charge in [0.2, 0.25) is 5.91 Å². The lowest BCUT2D eigenvalue weighted by atomic mass is 10.0. The number of rotatable bonds is 44. The highest BCUT2D eigenvalue weighted by Gasteiger charge is 2.17. The molecule has 0 spiro atoms. The Labute approximate surface area is 344 Å². The van der Waals surface area contributed by atoms with Crippen molar-refractivity contribution in [2.45, 2.75) is 264 Å². The van der Waals surface area contributed by atoms with Crippen molar-refractivity contribution in [1.29, 1.82) is 0 Å². The Hall–Kier alpha value is -1.65. The van der Waals surface area contributed by atoms with Gasteiger partial charge in [-0.1, -0.05) is 236 Å². The second-order valence-electron chi connectivity index (χ2n) is 16.5. The summed E-state index contributed by atoms with van der Waals surface area (Å²) >= 11 is 0. The van der Waals surface area contributed by atoms with E-state index in [1.807, 2.05) is 6.08 Å². The third-order valence-electron chi connectivity index (χ3n) is 11.1. The second-order valence-corrected chi connectivity index (χ2v) is 16.5. The van der Waals surface area contributed by atoms with Crippen LogP contribution in [0.3, 0.4) is 0 Å². The summed E-state index contributed by atoms with van der Waals surface area (Å²) < 4.78 is 0. The molecule has 1 amide bonds. The van der Waals surface area contributed by atoms with Crippen LogP contribution >= 0.6 is 0 Å². The van der Waals surface area contributed by atoms with Crippen LogP contribution < -0.4 is 5.32 Å². The van der Waals surface area contributed by atoms with E-state index >= 15 is 0 Å². The van der Waals surface area contributed by atoms with Gasteiger partial charge in [0.15, 0.2) is 0 Å². The fourth-order valence-corrected chi connectivity index (χ4v) is 7.30. The average Bonchev–Trinajstić information content (AvgIpc) is 3.19. The van der Waals surface area contributed by atoms with Gasteiger partial charge in [0.1, 0.15) is 0 Å². The smallest absolute Gasteiger partial charge is 0.220 e. The Bertz CT molecular complexity index is 877. The zero-order chi connectivity index (χ0) is 40.0. The molecule has 2 unspecified atom stereocenters. The maximum Gasteiger partial charge on any atom is 0.220 e. The topological polar surface area (TPSA) is 69.6 Å². The lowest BCUT2D eigenvalue weighted by Crippen LogP contribution is -2.45. The number of hydrogen-bond donors (Lipinski definition) is 3. The zero-order valence-electron chi connectivity index (χ0n) is 36.9. The van der Waals surface area contributed by atoms with Crippen LogP contribution in [0.5, 0.6) is 0 Å². The van der Waals surface area contributed by atoms with E-state index in [2.05, 4.69) is 55.6 Å². The van der Waals surface area contributed by atoms with Crippen molar-refractivity contribution in [2.24, 2.45) is 0 Å². The molecule has 4 heteroatoms. The van der Waals surface area contributed by atoms with E-state index in [0.717, 1.165) is 38.5 Å². The summed E-state index contributed by atoms with van der Waals surface area (Å²) in [6, 6.07) is -0.621. The molecule has 55 heavy (non-hydrogen) atoms. The first-order valence-electron chi connectivity index (χ1n) is 24.4. The lowest BCUT2D eigenvalue weighted by molar-refractivity contribution is -0.123. The van der Waals surface area contributed by atoms with Gasteiger partial charge in [0.05, 0.1) is 18.8 Å². The van der Waals surface area contributed by atoms with Gasteiger partial charge >= 0.3 is 0 Å². The number of carbonyl (C=O) groups excluding carboxylic acids is 1. The number of aliphatic hydroxyl groups is 2. The van der Waals surface area contributed by atoms with E-state index in [1.165, 1.54) is 193 Å². The normalized spacial score (nSPS) is 13.3. The largest absolute Gasteiger partial charge is 0.394 e. The molecule has 0 rings (SSSR count). The number of amides is 1. The van der Waals surface area contributed by atoms with Gasteiger partial charge in [-0.3, -0.25) is 4.79 Å². The average molecular weight is 770 g/mol. The molecule has 0 fully saturated rings. The summed E-state index contributed by atoms with van der Waals surface area (Å²) in [7, 11) is 0. The number of carbonyl (C=O) groups is 1. The van der Waals surface area contributed by atoms with E-state index in [9.17, 15) is 15.0 Å². The number of allylic oxidation sites excluding steroid dienone is 7. The molecule has 2 atom stereocenters. The third-order valence-corrected chi connectivity index (χ3v) is 11.1. The molecule has 0 aromatic rings. The molecule has 0 bridgehead atoms. The molecule has 4 nitrogen and oxygen atoms in total. The van der Waals surface area contributed by atoms with Gasteiger partial charge in [-0.05, 0) is 57.8 Å². The van der Waals surface area contributed by atoms with Crippen molar-refractivity contribution in [2.75, 3.05) is 6.61 Å². The van der Waals surface area contributed by atoms with Crippen molar-refractivity contribution in [3.63, 3.8) is 0 Å². The minimum absolute atomic E-state index is 0.0643. The third kappa shape index (κ3) is 43.3. The van der Waals surface area contributed by atoms with Gasteiger partial charge in [-0.15, -0.1) is 0 Å². The predicted molar refractivity (Wildman–Crippen MR) is 244 cm³/mol. The molecule has 0 aromatic carbocycles. The van der Waals surface area contributed by atoms with Crippen molar-refractivity contribution in [3.8, 4) is 0 Å². The van der Waals surface area contributed by atoms with E-state index in [4.69, 9.17) is 0 Å². The minimum atomic E-state index is -0.837. The molecule has 0 saturated carbocycles. The summed E-state index contributed by atoms with van der Waals surface area (Å²) in [4.78, 5) is 12.4. The summed E-state index contributed by atoms with van der Waals surface area (Å²) in [6.45, 7) is 4.29. The summed E-state index contributed by atoms with van der Waals surface area (Å²) in [5, 5.41) is 23.0. The first-order valence-corrected chi connectivity index (χ1v) is 24.4. The highest BCUT2D eigenvalue weighted by atomic mass is 16.3. The molecule has 0 radical (unpaired) electrons. The number of aliphatic hydroxyl groups excluding tert-OH is 2. The Morgan fingerprint density at radius 2 is 0.745 bits per heavy atom. The molecule has 3 N–H and O–H groups in total. The molecular formula is C51H95NO3. The van der Waals surface area contributed by atoms with E-state index in [-0.39, 0.29) is 12.5 Å². The van der Waals surface area contributed by atoms with Crippen LogP contribution in [0.2, 0.25) is 0 Å². The standard InChI is InChI=1S/C51H95NO3/c1-3-5-7-9-11-13-15-17-18-19-20-21-22-23-24-25-26-27-28-29-30-31-32-33-34-35-37-39-41-43-45-47-51(55)52-49(48-53)50(54)46-44-42-40-38-36-16-14-12-10-8-6-4-2/h15,17,19-20,22-23,44,46,49-50,53-54H,3-14,16,18,21,24-43,45,47-48H2,1-2H3,(H,52,55)/b17-15-,20-19-,23-22-,46-44+. The second kappa shape index (κ2) is 46.7. The monoisotopic (exact) mass is 770 g/mol. The van der Waals surface area contributed by atoms with Crippen LogP contribution in [-0.4, -0.2) is 34.9 Å². The summed E-state index contributed by atoms with van der Waals surface area (Å²) in [6.07, 6.45) is 63.8. The van der Waals surface area contributed by atoms with E-state index in [0.29, 0.717) is 6.42 Å². The fraction of sp³-hybridized carbons (Fsp3) is 0.824. The number of unbranched alkanes of at least 4 members (excludes halogenated alkanes) is 31. The van der Waals surface area contributed by atoms with E-state index < -0.39 is 12.1 Å². The zero-order valence-corrected chi connectivity index (χ0v) is 36.9. The minimum Gasteiger partial charge on any atom is -0.394 e. The van der Waals surface area contributed by atoms with Gasteiger partial charge < -0.3 is 15.5 Å². The first-order chi connectivity index (χ1) is 27.2. The molecular weight excluding hydrogens is 675 g/mol. The highest BCUT2D eigenvalue weighted by Crippen LogP contribution is 2.15. The maximum atomic E-state index is 12.4.